The monoisotopic (exact) mass is 398 g/mol. The van der Waals surface area contributed by atoms with Crippen LogP contribution in [0.2, 0.25) is 5.02 Å². The summed E-state index contributed by atoms with van der Waals surface area (Å²) in [6, 6.07) is 13.8. The fraction of sp³-hybridized carbons (Fsp3) is 0.278. The maximum absolute atomic E-state index is 12.8. The summed E-state index contributed by atoms with van der Waals surface area (Å²) in [6.07, 6.45) is 0. The first kappa shape index (κ1) is 20.5. The molecule has 0 heterocycles. The maximum atomic E-state index is 12.8. The van der Waals surface area contributed by atoms with E-state index in [4.69, 9.17) is 30.1 Å². The highest BCUT2D eigenvalue weighted by Gasteiger charge is 2.39. The average Bonchev–Trinajstić information content (AvgIpc) is 2.67. The van der Waals surface area contributed by atoms with Crippen LogP contribution in [0.1, 0.15) is 17.0 Å². The molecule has 0 spiro atoms. The molecule has 0 radical (unpaired) electrons. The average molecular weight is 399 g/mol. The van der Waals surface area contributed by atoms with Crippen molar-refractivity contribution in [1.29, 1.82) is 0 Å². The molecule has 0 saturated carbocycles. The van der Waals surface area contributed by atoms with Crippen LogP contribution in [-0.2, 0) is 23.1 Å². The quantitative estimate of drug-likeness (QED) is 0.472. The molecule has 0 aliphatic carbocycles. The van der Waals surface area contributed by atoms with E-state index in [1.54, 1.807) is 42.5 Å². The maximum Gasteiger partial charge on any atom is 0.375 e. The number of carbonyl (C=O) groups is 1. The number of rotatable bonds is 8. The Kier molecular flexibility index (Phi) is 7.23. The van der Waals surface area contributed by atoms with Crippen LogP contribution in [0.4, 0.5) is 0 Å². The molecule has 140 valence electrons. The van der Waals surface area contributed by atoms with Crippen LogP contribution < -0.4 is 4.74 Å². The Morgan fingerprint density at radius 2 is 1.77 bits per heavy atom. The number of benzene rings is 2. The van der Waals surface area contributed by atoms with Gasteiger partial charge < -0.3 is 18.5 Å². The summed E-state index contributed by atoms with van der Waals surface area (Å²) >= 11 is 6.04. The molecule has 0 amide bonds. The van der Waals surface area contributed by atoms with Crippen LogP contribution >= 0.6 is 19.2 Å². The van der Waals surface area contributed by atoms with E-state index >= 15 is 0 Å². The third-order valence-corrected chi connectivity index (χ3v) is 5.86. The molecule has 26 heavy (non-hydrogen) atoms. The first-order valence-corrected chi connectivity index (χ1v) is 9.73. The predicted molar refractivity (Wildman–Crippen MR) is 98.6 cm³/mol. The zero-order valence-corrected chi connectivity index (χ0v) is 16.3. The zero-order valence-electron chi connectivity index (χ0n) is 14.7. The van der Waals surface area contributed by atoms with E-state index < -0.39 is 26.0 Å². The number of esters is 1. The summed E-state index contributed by atoms with van der Waals surface area (Å²) in [6.45, 7) is 1.47. The van der Waals surface area contributed by atoms with E-state index in [0.29, 0.717) is 16.3 Å². The molecule has 2 aromatic rings. The Morgan fingerprint density at radius 1 is 1.12 bits per heavy atom. The second-order valence-corrected chi connectivity index (χ2v) is 8.07. The Labute approximate surface area is 157 Å². The van der Waals surface area contributed by atoms with Crippen LogP contribution in [0.5, 0.6) is 5.75 Å². The third-order valence-electron chi connectivity index (χ3n) is 3.56. The van der Waals surface area contributed by atoms with E-state index in [9.17, 15) is 9.36 Å². The van der Waals surface area contributed by atoms with Crippen LogP contribution in [0.15, 0.2) is 48.5 Å². The van der Waals surface area contributed by atoms with Crippen LogP contribution in [0.3, 0.4) is 0 Å². The minimum Gasteiger partial charge on any atom is -0.480 e. The van der Waals surface area contributed by atoms with Crippen LogP contribution in [0.25, 0.3) is 0 Å². The van der Waals surface area contributed by atoms with Crippen molar-refractivity contribution in [2.75, 3.05) is 20.8 Å². The van der Waals surface area contributed by atoms with Gasteiger partial charge in [0.25, 0.3) is 0 Å². The fourth-order valence-electron chi connectivity index (χ4n) is 2.22. The van der Waals surface area contributed by atoms with E-state index in [1.165, 1.54) is 14.2 Å². The van der Waals surface area contributed by atoms with Gasteiger partial charge in [0.05, 0.1) is 5.02 Å². The van der Waals surface area contributed by atoms with Crippen molar-refractivity contribution < 1.29 is 27.9 Å². The zero-order chi connectivity index (χ0) is 19.2. The molecular weight excluding hydrogens is 379 g/mol. The van der Waals surface area contributed by atoms with Crippen LogP contribution in [0, 0.1) is 6.92 Å². The van der Waals surface area contributed by atoms with Crippen molar-refractivity contribution in [1.82, 2.24) is 0 Å². The Bertz CT molecular complexity index is 788. The molecule has 2 aromatic carbocycles. The van der Waals surface area contributed by atoms with Gasteiger partial charge in [-0.15, -0.1) is 0 Å². The van der Waals surface area contributed by atoms with Crippen molar-refractivity contribution in [2.45, 2.75) is 12.8 Å². The molecule has 0 bridgehead atoms. The second-order valence-electron chi connectivity index (χ2n) is 5.38. The molecule has 0 N–H and O–H groups in total. The first-order chi connectivity index (χ1) is 12.4. The van der Waals surface area contributed by atoms with Crippen molar-refractivity contribution in [3.05, 3.63) is 64.7 Å². The molecule has 0 aliphatic rings. The standard InChI is InChI=1S/C18H20ClO6P/c1-13-9-10-15(19)16(11-13)24-12-17(20)25-18(26(21,22-2)23-3)14-7-5-4-6-8-14/h4-11,18H,12H2,1-3H3. The van der Waals surface area contributed by atoms with Gasteiger partial charge >= 0.3 is 13.6 Å². The second kappa shape index (κ2) is 9.19. The first-order valence-electron chi connectivity index (χ1n) is 7.74. The van der Waals surface area contributed by atoms with Gasteiger partial charge in [-0.25, -0.2) is 4.79 Å². The summed E-state index contributed by atoms with van der Waals surface area (Å²) in [4.78, 5) is 12.3. The van der Waals surface area contributed by atoms with Gasteiger partial charge in [-0.2, -0.15) is 0 Å². The SMILES string of the molecule is COP(=O)(OC)C(OC(=O)COc1cc(C)ccc1Cl)c1ccccc1. The highest BCUT2D eigenvalue weighted by molar-refractivity contribution is 7.54. The molecule has 0 aliphatic heterocycles. The third kappa shape index (κ3) is 5.08. The number of hydrogen-bond acceptors (Lipinski definition) is 6. The topological polar surface area (TPSA) is 71.1 Å². The molecule has 6 nitrogen and oxygen atoms in total. The Balaban J connectivity index is 2.14. The Morgan fingerprint density at radius 3 is 2.38 bits per heavy atom. The van der Waals surface area contributed by atoms with Crippen molar-refractivity contribution in [3.8, 4) is 5.75 Å². The molecule has 1 unspecified atom stereocenters. The van der Waals surface area contributed by atoms with Gasteiger partial charge in [-0.3, -0.25) is 4.57 Å². The fourth-order valence-corrected chi connectivity index (χ4v) is 3.70. The summed E-state index contributed by atoms with van der Waals surface area (Å²) in [7, 11) is -1.24. The van der Waals surface area contributed by atoms with E-state index in [-0.39, 0.29) is 0 Å². The lowest BCUT2D eigenvalue weighted by Crippen LogP contribution is -2.19. The van der Waals surface area contributed by atoms with Gasteiger partial charge in [0, 0.05) is 19.8 Å². The van der Waals surface area contributed by atoms with Crippen molar-refractivity contribution in [3.63, 3.8) is 0 Å². The highest BCUT2D eigenvalue weighted by Crippen LogP contribution is 2.60. The van der Waals surface area contributed by atoms with Crippen molar-refractivity contribution in [2.24, 2.45) is 0 Å². The largest absolute Gasteiger partial charge is 0.480 e. The summed E-state index contributed by atoms with van der Waals surface area (Å²) in [5.74, 6) is -1.57. The molecule has 0 saturated heterocycles. The minimum absolute atomic E-state index is 0.363. The molecule has 1 atom stereocenters. The lowest BCUT2D eigenvalue weighted by Gasteiger charge is -2.24. The van der Waals surface area contributed by atoms with Gasteiger partial charge in [-0.1, -0.05) is 48.0 Å². The van der Waals surface area contributed by atoms with Crippen LogP contribution in [-0.4, -0.2) is 26.8 Å². The predicted octanol–water partition coefficient (Wildman–Crippen LogP) is 4.76. The minimum atomic E-state index is -3.70. The normalized spacial score (nSPS) is 12.5. The molecule has 2 rings (SSSR count). The Hall–Kier alpha value is -1.85. The summed E-state index contributed by atoms with van der Waals surface area (Å²) < 4.78 is 33.5. The summed E-state index contributed by atoms with van der Waals surface area (Å²) in [5.41, 5.74) is 1.42. The molecule has 8 heteroatoms. The van der Waals surface area contributed by atoms with E-state index in [0.717, 1.165) is 5.56 Å². The summed E-state index contributed by atoms with van der Waals surface area (Å²) in [5, 5.41) is 0.377. The van der Waals surface area contributed by atoms with Gasteiger partial charge in [0.15, 0.2) is 6.61 Å². The number of carbonyl (C=O) groups excluding carboxylic acids is 1. The van der Waals surface area contributed by atoms with E-state index in [1.807, 2.05) is 13.0 Å². The van der Waals surface area contributed by atoms with E-state index in [2.05, 4.69) is 0 Å². The highest BCUT2D eigenvalue weighted by atomic mass is 35.5. The number of ether oxygens (including phenoxy) is 2. The lowest BCUT2D eigenvalue weighted by atomic mass is 10.2. The molecule has 0 aromatic heterocycles. The van der Waals surface area contributed by atoms with Gasteiger partial charge in [0.2, 0.25) is 5.85 Å². The lowest BCUT2D eigenvalue weighted by molar-refractivity contribution is -0.149. The molecule has 0 fully saturated rings. The number of halogens is 1. The molecular formula is C18H20ClO6P. The number of hydrogen-bond donors (Lipinski definition) is 0. The van der Waals surface area contributed by atoms with Crippen molar-refractivity contribution >= 4 is 25.2 Å². The van der Waals surface area contributed by atoms with Gasteiger partial charge in [0.1, 0.15) is 5.75 Å². The smallest absolute Gasteiger partial charge is 0.375 e. The number of aryl methyl sites for hydroxylation is 1. The van der Waals surface area contributed by atoms with Gasteiger partial charge in [-0.05, 0) is 24.6 Å².